The molecule has 0 spiro atoms. The predicted octanol–water partition coefficient (Wildman–Crippen LogP) is 2.42. The lowest BCUT2D eigenvalue weighted by atomic mass is 10.1. The standard InChI is InChI=1S/C18H30N2O3S/c1-14-7-8-15(2)18(11-14)24(21,22)19-12-16(3)20(17(4)13-19)9-6-10-23-5/h7-8,11,16-17H,6,9-10,12-13H2,1-5H3. The predicted molar refractivity (Wildman–Crippen MR) is 96.8 cm³/mol. The van der Waals surface area contributed by atoms with Gasteiger partial charge in [0, 0.05) is 45.4 Å². The summed E-state index contributed by atoms with van der Waals surface area (Å²) in [4.78, 5) is 2.82. The summed E-state index contributed by atoms with van der Waals surface area (Å²) >= 11 is 0. The van der Waals surface area contributed by atoms with Crippen LogP contribution in [-0.2, 0) is 14.8 Å². The zero-order valence-corrected chi connectivity index (χ0v) is 16.3. The van der Waals surface area contributed by atoms with Gasteiger partial charge in [-0.15, -0.1) is 0 Å². The Kier molecular flexibility index (Phi) is 6.42. The van der Waals surface area contributed by atoms with Gasteiger partial charge in [0.2, 0.25) is 10.0 Å². The van der Waals surface area contributed by atoms with Crippen molar-refractivity contribution in [3.05, 3.63) is 29.3 Å². The Balaban J connectivity index is 2.17. The molecule has 1 aromatic carbocycles. The lowest BCUT2D eigenvalue weighted by molar-refractivity contribution is 0.0665. The SMILES string of the molecule is COCCCN1C(C)CN(S(=O)(=O)c2cc(C)ccc2C)CC1C. The van der Waals surface area contributed by atoms with Crippen molar-refractivity contribution in [2.75, 3.05) is 33.4 Å². The van der Waals surface area contributed by atoms with E-state index in [4.69, 9.17) is 4.74 Å². The van der Waals surface area contributed by atoms with Crippen molar-refractivity contribution in [1.29, 1.82) is 0 Å². The third-order valence-corrected chi connectivity index (χ3v) is 6.77. The molecule has 2 rings (SSSR count). The van der Waals surface area contributed by atoms with Gasteiger partial charge in [-0.05, 0) is 51.3 Å². The molecule has 0 bridgehead atoms. The summed E-state index contributed by atoms with van der Waals surface area (Å²) in [6, 6.07) is 6.02. The van der Waals surface area contributed by atoms with Crippen molar-refractivity contribution in [1.82, 2.24) is 9.21 Å². The fraction of sp³-hybridized carbons (Fsp3) is 0.667. The summed E-state index contributed by atoms with van der Waals surface area (Å²) in [7, 11) is -1.74. The van der Waals surface area contributed by atoms with Gasteiger partial charge in [0.15, 0.2) is 0 Å². The monoisotopic (exact) mass is 354 g/mol. The van der Waals surface area contributed by atoms with Crippen molar-refractivity contribution in [2.24, 2.45) is 0 Å². The molecule has 0 N–H and O–H groups in total. The molecule has 1 fully saturated rings. The minimum Gasteiger partial charge on any atom is -0.385 e. The Morgan fingerprint density at radius 1 is 1.17 bits per heavy atom. The second-order valence-corrected chi connectivity index (χ2v) is 8.78. The first-order chi connectivity index (χ1) is 11.3. The third kappa shape index (κ3) is 4.17. The van der Waals surface area contributed by atoms with Gasteiger partial charge in [0.25, 0.3) is 0 Å². The van der Waals surface area contributed by atoms with E-state index >= 15 is 0 Å². The summed E-state index contributed by atoms with van der Waals surface area (Å²) in [6.07, 6.45) is 0.967. The van der Waals surface area contributed by atoms with Crippen molar-refractivity contribution in [2.45, 2.75) is 51.1 Å². The van der Waals surface area contributed by atoms with Gasteiger partial charge in [-0.2, -0.15) is 4.31 Å². The molecule has 1 aliphatic rings. The second kappa shape index (κ2) is 7.95. The van der Waals surface area contributed by atoms with Gasteiger partial charge in [-0.3, -0.25) is 4.90 Å². The van der Waals surface area contributed by atoms with Crippen LogP contribution in [-0.4, -0.2) is 63.1 Å². The number of aryl methyl sites for hydroxylation is 2. The van der Waals surface area contributed by atoms with Crippen molar-refractivity contribution in [3.63, 3.8) is 0 Å². The molecule has 2 atom stereocenters. The van der Waals surface area contributed by atoms with Crippen LogP contribution in [0, 0.1) is 13.8 Å². The highest BCUT2D eigenvalue weighted by atomic mass is 32.2. The number of hydrogen-bond acceptors (Lipinski definition) is 4. The van der Waals surface area contributed by atoms with Gasteiger partial charge in [0.05, 0.1) is 4.90 Å². The molecule has 0 radical (unpaired) electrons. The molecule has 0 amide bonds. The maximum Gasteiger partial charge on any atom is 0.243 e. The van der Waals surface area contributed by atoms with Crippen molar-refractivity contribution < 1.29 is 13.2 Å². The van der Waals surface area contributed by atoms with E-state index in [1.807, 2.05) is 26.0 Å². The lowest BCUT2D eigenvalue weighted by Gasteiger charge is -2.44. The summed E-state index contributed by atoms with van der Waals surface area (Å²) < 4.78 is 33.0. The highest BCUT2D eigenvalue weighted by molar-refractivity contribution is 7.89. The van der Waals surface area contributed by atoms with Crippen LogP contribution in [0.3, 0.4) is 0 Å². The zero-order valence-electron chi connectivity index (χ0n) is 15.4. The number of ether oxygens (including phenoxy) is 1. The quantitative estimate of drug-likeness (QED) is 0.736. The molecule has 0 aliphatic carbocycles. The molecule has 1 aromatic rings. The first-order valence-corrected chi connectivity index (χ1v) is 10.0. The number of benzene rings is 1. The highest BCUT2D eigenvalue weighted by Crippen LogP contribution is 2.26. The Bertz CT molecular complexity index is 648. The van der Waals surface area contributed by atoms with E-state index < -0.39 is 10.0 Å². The fourth-order valence-electron chi connectivity index (χ4n) is 3.46. The molecular weight excluding hydrogens is 324 g/mol. The topological polar surface area (TPSA) is 49.9 Å². The molecule has 136 valence electrons. The normalized spacial score (nSPS) is 23.5. The first-order valence-electron chi connectivity index (χ1n) is 8.59. The summed E-state index contributed by atoms with van der Waals surface area (Å²) in [5, 5.41) is 0. The summed E-state index contributed by atoms with van der Waals surface area (Å²) in [5.74, 6) is 0. The van der Waals surface area contributed by atoms with Crippen LogP contribution in [0.1, 0.15) is 31.4 Å². The van der Waals surface area contributed by atoms with Gasteiger partial charge >= 0.3 is 0 Å². The zero-order chi connectivity index (χ0) is 17.9. The Hall–Kier alpha value is -0.950. The minimum atomic E-state index is -3.45. The van der Waals surface area contributed by atoms with E-state index in [-0.39, 0.29) is 12.1 Å². The molecule has 24 heavy (non-hydrogen) atoms. The van der Waals surface area contributed by atoms with Crippen LogP contribution in [0.4, 0.5) is 0 Å². The van der Waals surface area contributed by atoms with Crippen molar-refractivity contribution >= 4 is 10.0 Å². The minimum absolute atomic E-state index is 0.200. The molecule has 0 saturated carbocycles. The number of methoxy groups -OCH3 is 1. The van der Waals surface area contributed by atoms with Crippen molar-refractivity contribution in [3.8, 4) is 0 Å². The number of rotatable bonds is 6. The smallest absolute Gasteiger partial charge is 0.243 e. The molecule has 6 heteroatoms. The Morgan fingerprint density at radius 3 is 2.38 bits per heavy atom. The molecule has 1 aliphatic heterocycles. The van der Waals surface area contributed by atoms with Crippen LogP contribution in [0.5, 0.6) is 0 Å². The maximum absolute atomic E-state index is 13.1. The van der Waals surface area contributed by atoms with Crippen LogP contribution in [0.15, 0.2) is 23.1 Å². The molecule has 0 aromatic heterocycles. The van der Waals surface area contributed by atoms with Gasteiger partial charge in [-0.25, -0.2) is 8.42 Å². The van der Waals surface area contributed by atoms with E-state index in [0.717, 1.165) is 30.7 Å². The first kappa shape index (κ1) is 19.4. The van der Waals surface area contributed by atoms with E-state index in [1.54, 1.807) is 17.5 Å². The lowest BCUT2D eigenvalue weighted by Crippen LogP contribution is -2.58. The molecule has 1 heterocycles. The van der Waals surface area contributed by atoms with E-state index in [0.29, 0.717) is 18.0 Å². The number of sulfonamides is 1. The average Bonchev–Trinajstić information content (AvgIpc) is 2.52. The second-order valence-electron chi connectivity index (χ2n) is 6.87. The number of piperazine rings is 1. The van der Waals surface area contributed by atoms with Gasteiger partial charge < -0.3 is 4.74 Å². The van der Waals surface area contributed by atoms with E-state index in [2.05, 4.69) is 18.7 Å². The van der Waals surface area contributed by atoms with Gasteiger partial charge in [-0.1, -0.05) is 12.1 Å². The molecule has 1 saturated heterocycles. The van der Waals surface area contributed by atoms with Gasteiger partial charge in [0.1, 0.15) is 0 Å². The Labute approximate surface area is 146 Å². The number of hydrogen-bond donors (Lipinski definition) is 0. The summed E-state index contributed by atoms with van der Waals surface area (Å²) in [5.41, 5.74) is 1.78. The molecule has 2 unspecified atom stereocenters. The van der Waals surface area contributed by atoms with Crippen LogP contribution in [0.25, 0.3) is 0 Å². The molecular formula is C18H30N2O3S. The Morgan fingerprint density at radius 2 is 1.79 bits per heavy atom. The largest absolute Gasteiger partial charge is 0.385 e. The summed E-state index contributed by atoms with van der Waals surface area (Å²) in [6.45, 7) is 10.7. The maximum atomic E-state index is 13.1. The van der Waals surface area contributed by atoms with Crippen LogP contribution >= 0.6 is 0 Å². The van der Waals surface area contributed by atoms with E-state index in [9.17, 15) is 8.42 Å². The third-order valence-electron chi connectivity index (χ3n) is 4.79. The molecule has 5 nitrogen and oxygen atoms in total. The van der Waals surface area contributed by atoms with E-state index in [1.165, 1.54) is 0 Å². The fourth-order valence-corrected chi connectivity index (χ4v) is 5.37. The highest BCUT2D eigenvalue weighted by Gasteiger charge is 2.36. The van der Waals surface area contributed by atoms with Crippen LogP contribution < -0.4 is 0 Å². The number of nitrogens with zero attached hydrogens (tertiary/aromatic N) is 2. The average molecular weight is 355 g/mol. The van der Waals surface area contributed by atoms with Crippen LogP contribution in [0.2, 0.25) is 0 Å².